The van der Waals surface area contributed by atoms with Crippen molar-refractivity contribution >= 4 is 33.9 Å². The van der Waals surface area contributed by atoms with E-state index < -0.39 is 5.97 Å². The lowest BCUT2D eigenvalue weighted by molar-refractivity contribution is 0.0468. The van der Waals surface area contributed by atoms with Crippen LogP contribution >= 0.6 is 22.9 Å². The molecule has 0 atom stereocenters. The quantitative estimate of drug-likeness (QED) is 0.696. The Kier molecular flexibility index (Phi) is 3.72. The maximum absolute atomic E-state index is 11.9. The monoisotopic (exact) mass is 320 g/mol. The van der Waals surface area contributed by atoms with Crippen LogP contribution in [0.2, 0.25) is 5.02 Å². The predicted octanol–water partition coefficient (Wildman–Crippen LogP) is 2.77. The Labute approximate surface area is 128 Å². The Hall–Kier alpha value is -2.18. The highest BCUT2D eigenvalue weighted by atomic mass is 35.5. The fourth-order valence-corrected chi connectivity index (χ4v) is 2.73. The number of hydrogen-bond acceptors (Lipinski definition) is 5. The zero-order chi connectivity index (χ0) is 14.8. The van der Waals surface area contributed by atoms with Gasteiger partial charge in [0.2, 0.25) is 0 Å². The van der Waals surface area contributed by atoms with Gasteiger partial charge >= 0.3 is 5.97 Å². The largest absolute Gasteiger partial charge is 0.456 e. The number of hydrogen-bond donors (Lipinski definition) is 0. The second-order valence-corrected chi connectivity index (χ2v) is 5.54. The molecule has 0 amide bonds. The fraction of sp³-hybridized carbons (Fsp3) is 0.0714. The summed E-state index contributed by atoms with van der Waals surface area (Å²) in [4.78, 5) is 28.5. The first kappa shape index (κ1) is 13.8. The van der Waals surface area contributed by atoms with Crippen LogP contribution in [0, 0.1) is 0 Å². The van der Waals surface area contributed by atoms with E-state index in [0.29, 0.717) is 21.2 Å². The molecule has 0 radical (unpaired) electrons. The molecule has 0 bridgehead atoms. The van der Waals surface area contributed by atoms with Gasteiger partial charge in [-0.05, 0) is 18.2 Å². The number of esters is 1. The van der Waals surface area contributed by atoms with E-state index in [0.717, 1.165) is 0 Å². The molecule has 7 heteroatoms. The molecule has 0 N–H and O–H groups in total. The molecule has 0 aliphatic rings. The summed E-state index contributed by atoms with van der Waals surface area (Å²) in [5.41, 5.74) is 0.573. The molecule has 106 valence electrons. The molecule has 3 rings (SSSR count). The van der Waals surface area contributed by atoms with Gasteiger partial charge in [-0.2, -0.15) is 0 Å². The Morgan fingerprint density at radius 1 is 1.38 bits per heavy atom. The molecule has 0 saturated heterocycles. The normalized spacial score (nSPS) is 10.7. The molecule has 0 aliphatic heterocycles. The summed E-state index contributed by atoms with van der Waals surface area (Å²) in [7, 11) is 0. The smallest absolute Gasteiger partial charge is 0.338 e. The molecule has 21 heavy (non-hydrogen) atoms. The van der Waals surface area contributed by atoms with Crippen LogP contribution in [-0.4, -0.2) is 15.4 Å². The zero-order valence-corrected chi connectivity index (χ0v) is 12.2. The van der Waals surface area contributed by atoms with E-state index >= 15 is 0 Å². The average Bonchev–Trinajstić information content (AvgIpc) is 2.93. The number of thiazole rings is 1. The van der Waals surface area contributed by atoms with Crippen LogP contribution in [0.15, 0.2) is 46.7 Å². The summed E-state index contributed by atoms with van der Waals surface area (Å²) in [6, 6.07) is 7.82. The molecule has 0 fully saturated rings. The molecule has 1 aromatic carbocycles. The van der Waals surface area contributed by atoms with Crippen molar-refractivity contribution in [1.82, 2.24) is 9.38 Å². The van der Waals surface area contributed by atoms with Gasteiger partial charge in [-0.15, -0.1) is 11.3 Å². The maximum atomic E-state index is 11.9. The van der Waals surface area contributed by atoms with Crippen LogP contribution in [0.4, 0.5) is 0 Å². The standard InChI is InChI=1S/C14H9ClN2O3S/c15-10-3-1-2-9(6-10)13(19)20-8-11-7-12(18)17-4-5-21-14(17)16-11/h1-7H,8H2. The highest BCUT2D eigenvalue weighted by Gasteiger charge is 2.09. The minimum absolute atomic E-state index is 0.0605. The number of carbonyl (C=O) groups excluding carboxylic acids is 1. The van der Waals surface area contributed by atoms with Gasteiger partial charge < -0.3 is 4.74 Å². The van der Waals surface area contributed by atoms with E-state index in [9.17, 15) is 9.59 Å². The van der Waals surface area contributed by atoms with Gasteiger partial charge in [0.25, 0.3) is 5.56 Å². The summed E-state index contributed by atoms with van der Waals surface area (Å²) < 4.78 is 6.58. The van der Waals surface area contributed by atoms with Crippen LogP contribution in [0.5, 0.6) is 0 Å². The first-order valence-electron chi connectivity index (χ1n) is 6.02. The summed E-state index contributed by atoms with van der Waals surface area (Å²) in [6.07, 6.45) is 1.65. The fourth-order valence-electron chi connectivity index (χ4n) is 1.80. The Bertz CT molecular complexity index is 872. The Morgan fingerprint density at radius 3 is 3.05 bits per heavy atom. The number of rotatable bonds is 3. The number of nitrogens with zero attached hydrogens (tertiary/aromatic N) is 2. The zero-order valence-electron chi connectivity index (χ0n) is 10.7. The number of ether oxygens (including phenoxy) is 1. The lowest BCUT2D eigenvalue weighted by Crippen LogP contribution is -2.14. The third-order valence-electron chi connectivity index (χ3n) is 2.77. The lowest BCUT2D eigenvalue weighted by atomic mass is 10.2. The van der Waals surface area contributed by atoms with Gasteiger partial charge in [0.1, 0.15) is 6.61 Å². The maximum Gasteiger partial charge on any atom is 0.338 e. The van der Waals surface area contributed by atoms with Crippen LogP contribution in [-0.2, 0) is 11.3 Å². The van der Waals surface area contributed by atoms with Crippen molar-refractivity contribution in [2.45, 2.75) is 6.61 Å². The molecule has 2 aromatic heterocycles. The summed E-state index contributed by atoms with van der Waals surface area (Å²) in [5, 5.41) is 2.23. The van der Waals surface area contributed by atoms with E-state index in [1.807, 2.05) is 0 Å². The molecular formula is C14H9ClN2O3S. The highest BCUT2D eigenvalue weighted by Crippen LogP contribution is 2.12. The van der Waals surface area contributed by atoms with Crippen molar-refractivity contribution in [3.8, 4) is 0 Å². The molecule has 2 heterocycles. The molecule has 0 spiro atoms. The van der Waals surface area contributed by atoms with Crippen LogP contribution in [0.1, 0.15) is 16.1 Å². The van der Waals surface area contributed by atoms with Crippen LogP contribution < -0.4 is 5.56 Å². The van der Waals surface area contributed by atoms with Crippen LogP contribution in [0.3, 0.4) is 0 Å². The Balaban J connectivity index is 1.77. The first-order chi connectivity index (χ1) is 10.1. The molecule has 5 nitrogen and oxygen atoms in total. The molecule has 0 unspecified atom stereocenters. The van der Waals surface area contributed by atoms with Crippen molar-refractivity contribution in [1.29, 1.82) is 0 Å². The second-order valence-electron chi connectivity index (χ2n) is 4.23. The molecule has 0 saturated carbocycles. The predicted molar refractivity (Wildman–Crippen MR) is 79.9 cm³/mol. The van der Waals surface area contributed by atoms with Crippen molar-refractivity contribution < 1.29 is 9.53 Å². The van der Waals surface area contributed by atoms with Crippen molar-refractivity contribution in [2.75, 3.05) is 0 Å². The van der Waals surface area contributed by atoms with Gasteiger partial charge in [0.15, 0.2) is 4.96 Å². The topological polar surface area (TPSA) is 60.7 Å². The number of fused-ring (bicyclic) bond motifs is 1. The number of halogens is 1. The third-order valence-corrected chi connectivity index (χ3v) is 3.76. The minimum atomic E-state index is -0.509. The second kappa shape index (κ2) is 5.67. The highest BCUT2D eigenvalue weighted by molar-refractivity contribution is 7.15. The van der Waals surface area contributed by atoms with Gasteiger partial charge in [0.05, 0.1) is 11.3 Å². The van der Waals surface area contributed by atoms with Crippen LogP contribution in [0.25, 0.3) is 4.96 Å². The van der Waals surface area contributed by atoms with Crippen molar-refractivity contribution in [3.05, 3.63) is 68.5 Å². The summed E-state index contributed by atoms with van der Waals surface area (Å²) in [5.74, 6) is -0.509. The van der Waals surface area contributed by atoms with E-state index in [1.165, 1.54) is 27.9 Å². The van der Waals surface area contributed by atoms with E-state index in [4.69, 9.17) is 16.3 Å². The average molecular weight is 321 g/mol. The summed E-state index contributed by atoms with van der Waals surface area (Å²) >= 11 is 7.16. The summed E-state index contributed by atoms with van der Waals surface area (Å²) in [6.45, 7) is -0.0605. The minimum Gasteiger partial charge on any atom is -0.456 e. The lowest BCUT2D eigenvalue weighted by Gasteiger charge is -2.04. The molecule has 0 aliphatic carbocycles. The van der Waals surface area contributed by atoms with E-state index in [1.54, 1.807) is 29.8 Å². The van der Waals surface area contributed by atoms with Gasteiger partial charge in [0, 0.05) is 22.7 Å². The van der Waals surface area contributed by atoms with E-state index in [-0.39, 0.29) is 12.2 Å². The molecular weight excluding hydrogens is 312 g/mol. The number of benzene rings is 1. The van der Waals surface area contributed by atoms with E-state index in [2.05, 4.69) is 4.98 Å². The van der Waals surface area contributed by atoms with Gasteiger partial charge in [-0.3, -0.25) is 9.20 Å². The number of aromatic nitrogens is 2. The third kappa shape index (κ3) is 2.96. The number of carbonyl (C=O) groups is 1. The van der Waals surface area contributed by atoms with Crippen molar-refractivity contribution in [3.63, 3.8) is 0 Å². The van der Waals surface area contributed by atoms with Gasteiger partial charge in [-0.1, -0.05) is 17.7 Å². The SMILES string of the molecule is O=C(OCc1cc(=O)n2ccsc2n1)c1cccc(Cl)c1. The van der Waals surface area contributed by atoms with Gasteiger partial charge in [-0.25, -0.2) is 9.78 Å². The molecule has 3 aromatic rings. The van der Waals surface area contributed by atoms with Crippen molar-refractivity contribution in [2.24, 2.45) is 0 Å². The first-order valence-corrected chi connectivity index (χ1v) is 7.28. The Morgan fingerprint density at radius 2 is 2.24 bits per heavy atom.